The summed E-state index contributed by atoms with van der Waals surface area (Å²) in [5.41, 5.74) is 2.01. The van der Waals surface area contributed by atoms with Gasteiger partial charge in [0.05, 0.1) is 20.6 Å². The van der Waals surface area contributed by atoms with Crippen molar-refractivity contribution >= 4 is 50.7 Å². The minimum Gasteiger partial charge on any atom is -0.355 e. The molecule has 0 aliphatic rings. The van der Waals surface area contributed by atoms with Crippen molar-refractivity contribution in [2.75, 3.05) is 17.4 Å². The standard InChI is InChI=1S/C28H31Cl2N3O4S/c1-4-26(28(35)31-5-2)32(18-21-11-9-10-20(3)16-21)27(34)19-33(22-14-15-24(29)25(30)17-22)38(36,37)23-12-7-6-8-13-23/h6-17,26H,4-5,18-19H2,1-3H3,(H,31,35)/t26-/m1/s1. The summed E-state index contributed by atoms with van der Waals surface area (Å²) in [5.74, 6) is -0.835. The molecule has 0 bridgehead atoms. The van der Waals surface area contributed by atoms with Crippen molar-refractivity contribution in [3.63, 3.8) is 0 Å². The van der Waals surface area contributed by atoms with Crippen molar-refractivity contribution in [3.05, 3.63) is 94.0 Å². The third-order valence-electron chi connectivity index (χ3n) is 5.97. The summed E-state index contributed by atoms with van der Waals surface area (Å²) in [6.07, 6.45) is 0.349. The largest absolute Gasteiger partial charge is 0.355 e. The lowest BCUT2D eigenvalue weighted by atomic mass is 10.1. The Morgan fingerprint density at radius 3 is 2.24 bits per heavy atom. The van der Waals surface area contributed by atoms with E-state index in [4.69, 9.17) is 23.2 Å². The first-order valence-electron chi connectivity index (χ1n) is 12.2. The number of sulfonamides is 1. The summed E-state index contributed by atoms with van der Waals surface area (Å²) in [5, 5.41) is 3.19. The van der Waals surface area contributed by atoms with Gasteiger partial charge < -0.3 is 10.2 Å². The highest BCUT2D eigenvalue weighted by Crippen LogP contribution is 2.31. The third kappa shape index (κ3) is 7.07. The topological polar surface area (TPSA) is 86.8 Å². The number of aryl methyl sites for hydroxylation is 1. The van der Waals surface area contributed by atoms with E-state index in [1.165, 1.54) is 35.2 Å². The Hall–Kier alpha value is -3.07. The smallest absolute Gasteiger partial charge is 0.264 e. The number of rotatable bonds is 11. The molecule has 0 saturated carbocycles. The number of likely N-dealkylation sites (N-methyl/N-ethyl adjacent to an activating group) is 1. The molecular weight excluding hydrogens is 545 g/mol. The summed E-state index contributed by atoms with van der Waals surface area (Å²) in [6, 6.07) is 19.0. The quantitative estimate of drug-likeness (QED) is 0.330. The van der Waals surface area contributed by atoms with E-state index in [1.807, 2.05) is 38.1 Å². The normalized spacial score (nSPS) is 12.0. The van der Waals surface area contributed by atoms with Crippen LogP contribution < -0.4 is 9.62 Å². The maximum Gasteiger partial charge on any atom is 0.264 e. The second kappa shape index (κ2) is 13.1. The Morgan fingerprint density at radius 1 is 0.921 bits per heavy atom. The molecule has 0 spiro atoms. The zero-order chi connectivity index (χ0) is 27.9. The van der Waals surface area contributed by atoms with Crippen LogP contribution in [0.5, 0.6) is 0 Å². The Labute approximate surface area is 234 Å². The maximum atomic E-state index is 13.9. The molecule has 1 N–H and O–H groups in total. The molecule has 0 fully saturated rings. The summed E-state index contributed by atoms with van der Waals surface area (Å²) < 4.78 is 28.5. The fourth-order valence-electron chi connectivity index (χ4n) is 4.11. The Morgan fingerprint density at radius 2 is 1.63 bits per heavy atom. The highest BCUT2D eigenvalue weighted by Gasteiger charge is 2.33. The van der Waals surface area contributed by atoms with Crippen LogP contribution in [0.2, 0.25) is 10.0 Å². The van der Waals surface area contributed by atoms with Gasteiger partial charge in [0.2, 0.25) is 11.8 Å². The molecule has 0 aromatic heterocycles. The lowest BCUT2D eigenvalue weighted by molar-refractivity contribution is -0.140. The average molecular weight is 577 g/mol. The molecule has 3 aromatic carbocycles. The van der Waals surface area contributed by atoms with E-state index in [9.17, 15) is 18.0 Å². The Kier molecular flexibility index (Phi) is 10.2. The average Bonchev–Trinajstić information content (AvgIpc) is 2.89. The third-order valence-corrected chi connectivity index (χ3v) is 8.50. The molecule has 10 heteroatoms. The van der Waals surface area contributed by atoms with Gasteiger partial charge in [0.15, 0.2) is 0 Å². The van der Waals surface area contributed by atoms with Crippen molar-refractivity contribution in [3.8, 4) is 0 Å². The molecule has 1 atom stereocenters. The van der Waals surface area contributed by atoms with Gasteiger partial charge in [-0.15, -0.1) is 0 Å². The van der Waals surface area contributed by atoms with Crippen LogP contribution in [0, 0.1) is 6.92 Å². The van der Waals surface area contributed by atoms with Crippen molar-refractivity contribution in [1.82, 2.24) is 10.2 Å². The number of benzene rings is 3. The fraction of sp³-hybridized carbons (Fsp3) is 0.286. The minimum atomic E-state index is -4.17. The number of hydrogen-bond donors (Lipinski definition) is 1. The molecule has 0 heterocycles. The van der Waals surface area contributed by atoms with Crippen LogP contribution in [0.25, 0.3) is 0 Å². The second-order valence-electron chi connectivity index (χ2n) is 8.75. The first-order valence-corrected chi connectivity index (χ1v) is 14.4. The molecular formula is C28H31Cl2N3O4S. The molecule has 0 radical (unpaired) electrons. The lowest BCUT2D eigenvalue weighted by Crippen LogP contribution is -2.52. The van der Waals surface area contributed by atoms with Gasteiger partial charge in [-0.1, -0.05) is 78.2 Å². The van der Waals surface area contributed by atoms with Crippen LogP contribution in [0.15, 0.2) is 77.7 Å². The van der Waals surface area contributed by atoms with E-state index in [1.54, 1.807) is 25.1 Å². The van der Waals surface area contributed by atoms with Gasteiger partial charge in [0.1, 0.15) is 12.6 Å². The number of hydrogen-bond acceptors (Lipinski definition) is 4. The molecule has 3 aromatic rings. The van der Waals surface area contributed by atoms with Crippen molar-refractivity contribution in [1.29, 1.82) is 0 Å². The van der Waals surface area contributed by atoms with Crippen LogP contribution in [0.4, 0.5) is 5.69 Å². The van der Waals surface area contributed by atoms with E-state index in [0.717, 1.165) is 15.4 Å². The summed E-state index contributed by atoms with van der Waals surface area (Å²) in [6.45, 7) is 5.55. The van der Waals surface area contributed by atoms with Gasteiger partial charge in [-0.25, -0.2) is 8.42 Å². The van der Waals surface area contributed by atoms with Crippen LogP contribution in [0.3, 0.4) is 0 Å². The Bertz CT molecular complexity index is 1380. The van der Waals surface area contributed by atoms with Gasteiger partial charge in [0.25, 0.3) is 10.0 Å². The van der Waals surface area contributed by atoms with Crippen LogP contribution >= 0.6 is 23.2 Å². The lowest BCUT2D eigenvalue weighted by Gasteiger charge is -2.33. The maximum absolute atomic E-state index is 13.9. The van der Waals surface area contributed by atoms with Crippen molar-refractivity contribution in [2.45, 2.75) is 44.7 Å². The van der Waals surface area contributed by atoms with Gasteiger partial charge in [-0.3, -0.25) is 13.9 Å². The number of nitrogens with zero attached hydrogens (tertiary/aromatic N) is 2. The number of carbonyl (C=O) groups excluding carboxylic acids is 2. The molecule has 3 rings (SSSR count). The van der Waals surface area contributed by atoms with Crippen LogP contribution in [-0.4, -0.2) is 44.3 Å². The monoisotopic (exact) mass is 575 g/mol. The zero-order valence-electron chi connectivity index (χ0n) is 21.5. The van der Waals surface area contributed by atoms with E-state index < -0.39 is 28.5 Å². The first-order chi connectivity index (χ1) is 18.1. The molecule has 0 aliphatic heterocycles. The zero-order valence-corrected chi connectivity index (χ0v) is 23.9. The predicted octanol–water partition coefficient (Wildman–Crippen LogP) is 5.44. The second-order valence-corrected chi connectivity index (χ2v) is 11.4. The van der Waals surface area contributed by atoms with Crippen molar-refractivity contribution in [2.24, 2.45) is 0 Å². The molecule has 0 saturated heterocycles. The SMILES string of the molecule is CCNC(=O)[C@@H](CC)N(Cc1cccc(C)c1)C(=O)CN(c1ccc(Cl)c(Cl)c1)S(=O)(=O)c1ccccc1. The number of halogens is 2. The summed E-state index contributed by atoms with van der Waals surface area (Å²) in [7, 11) is -4.17. The van der Waals surface area contributed by atoms with Gasteiger partial charge in [0, 0.05) is 13.1 Å². The van der Waals surface area contributed by atoms with Crippen LogP contribution in [0.1, 0.15) is 31.4 Å². The number of nitrogens with one attached hydrogen (secondary N) is 1. The van der Waals surface area contributed by atoms with Gasteiger partial charge in [-0.2, -0.15) is 0 Å². The molecule has 38 heavy (non-hydrogen) atoms. The van der Waals surface area contributed by atoms with E-state index in [0.29, 0.717) is 13.0 Å². The highest BCUT2D eigenvalue weighted by molar-refractivity contribution is 7.92. The molecule has 7 nitrogen and oxygen atoms in total. The fourth-order valence-corrected chi connectivity index (χ4v) is 5.83. The highest BCUT2D eigenvalue weighted by atomic mass is 35.5. The van der Waals surface area contributed by atoms with Crippen molar-refractivity contribution < 1.29 is 18.0 Å². The van der Waals surface area contributed by atoms with E-state index >= 15 is 0 Å². The summed E-state index contributed by atoms with van der Waals surface area (Å²) in [4.78, 5) is 28.3. The van der Waals surface area contributed by atoms with E-state index in [-0.39, 0.29) is 33.1 Å². The van der Waals surface area contributed by atoms with E-state index in [2.05, 4.69) is 5.32 Å². The van der Waals surface area contributed by atoms with Crippen LogP contribution in [-0.2, 0) is 26.2 Å². The summed E-state index contributed by atoms with van der Waals surface area (Å²) >= 11 is 12.3. The number of amides is 2. The first kappa shape index (κ1) is 29.5. The Balaban J connectivity index is 2.07. The van der Waals surface area contributed by atoms with Gasteiger partial charge in [-0.05, 0) is 56.2 Å². The molecule has 0 aliphatic carbocycles. The number of anilines is 1. The molecule has 0 unspecified atom stereocenters. The predicted molar refractivity (Wildman–Crippen MR) is 152 cm³/mol. The minimum absolute atomic E-state index is 0.0138. The van der Waals surface area contributed by atoms with Gasteiger partial charge >= 0.3 is 0 Å². The number of carbonyl (C=O) groups is 2. The molecule has 2 amide bonds. The molecule has 202 valence electrons.